The Morgan fingerprint density at radius 2 is 1.16 bits per heavy atom. The van der Waals surface area contributed by atoms with Crippen LogP contribution in [-0.4, -0.2) is 108 Å². The zero-order valence-electron chi connectivity index (χ0n) is 35.9. The number of nitrogens with zero attached hydrogens (tertiary/aromatic N) is 9. The molecule has 0 aliphatic carbocycles. The smallest absolute Gasteiger partial charge is 0.144 e. The Balaban J connectivity index is 0.842. The number of hydrogen-bond donors (Lipinski definition) is 4. The molecule has 0 unspecified atom stereocenters. The van der Waals surface area contributed by atoms with E-state index in [4.69, 9.17) is 9.47 Å². The van der Waals surface area contributed by atoms with E-state index in [2.05, 4.69) is 122 Å². The van der Waals surface area contributed by atoms with Crippen molar-refractivity contribution in [2.45, 2.75) is 6.54 Å². The van der Waals surface area contributed by atoms with Gasteiger partial charge in [0, 0.05) is 148 Å². The van der Waals surface area contributed by atoms with Gasteiger partial charge in [-0.1, -0.05) is 0 Å². The summed E-state index contributed by atoms with van der Waals surface area (Å²) in [6.45, 7) is 8.51. The molecule has 63 heavy (non-hydrogen) atoms. The Kier molecular flexibility index (Phi) is 12.5. The van der Waals surface area contributed by atoms with Crippen molar-refractivity contribution >= 4 is 57.1 Å². The van der Waals surface area contributed by atoms with Crippen LogP contribution in [0.25, 0.3) is 5.69 Å². The van der Waals surface area contributed by atoms with Gasteiger partial charge < -0.3 is 50.0 Å². The topological polar surface area (TPSA) is 136 Å². The van der Waals surface area contributed by atoms with Crippen LogP contribution >= 0.6 is 0 Å². The summed E-state index contributed by atoms with van der Waals surface area (Å²) >= 11 is 0. The maximum Gasteiger partial charge on any atom is 0.144 e. The van der Waals surface area contributed by atoms with Crippen molar-refractivity contribution in [3.05, 3.63) is 140 Å². The van der Waals surface area contributed by atoms with E-state index in [1.165, 1.54) is 5.56 Å². The lowest BCUT2D eigenvalue weighted by Gasteiger charge is -2.36. The number of piperazine rings is 2. The minimum atomic E-state index is 0.709. The Labute approximate surface area is 368 Å². The molecule has 3 aromatic carbocycles. The number of imidazole rings is 1. The summed E-state index contributed by atoms with van der Waals surface area (Å²) in [6.07, 6.45) is 12.7. The molecule has 2 fully saturated rings. The van der Waals surface area contributed by atoms with Gasteiger partial charge in [0.15, 0.2) is 0 Å². The maximum absolute atomic E-state index is 5.86. The number of methoxy groups -OCH3 is 2. The van der Waals surface area contributed by atoms with Crippen LogP contribution in [0.1, 0.15) is 5.56 Å². The standard InChI is InChI=1S/C48H53N13O2/c1-57-17-21-59(22-18-57)40-6-8-43(45(30-40)62-2)56-48-29-37(11-14-52-48)54-39-25-35(26-42(27-39)61-16-15-50-34-61)33-58-19-23-60(24-20-58)41-7-9-44(46(31-41)63-3)55-47-28-36(10-13-51-47)53-38-5-4-12-49-32-38/h4-16,25-32,34H,17-24,33H2,1-3H3,(H2,51,53,55)(H2,52,54,56). The molecule has 7 aromatic rings. The van der Waals surface area contributed by atoms with E-state index in [-0.39, 0.29) is 0 Å². The minimum absolute atomic E-state index is 0.709. The first kappa shape index (κ1) is 41.0. The third-order valence-corrected chi connectivity index (χ3v) is 11.4. The largest absolute Gasteiger partial charge is 0.494 e. The third kappa shape index (κ3) is 10.2. The van der Waals surface area contributed by atoms with Crippen molar-refractivity contribution in [1.29, 1.82) is 0 Å². The van der Waals surface area contributed by atoms with Gasteiger partial charge in [0.05, 0.1) is 43.8 Å². The predicted molar refractivity (Wildman–Crippen MR) is 253 cm³/mol. The van der Waals surface area contributed by atoms with E-state index in [0.717, 1.165) is 127 Å². The van der Waals surface area contributed by atoms with Gasteiger partial charge in [-0.25, -0.2) is 15.0 Å². The minimum Gasteiger partial charge on any atom is -0.494 e. The fraction of sp³-hybridized carbons (Fsp3) is 0.250. The second kappa shape index (κ2) is 19.1. The number of anilines is 10. The molecule has 9 rings (SSSR count). The normalized spacial score (nSPS) is 14.6. The molecule has 2 aliphatic heterocycles. The van der Waals surface area contributed by atoms with Gasteiger partial charge in [0.2, 0.25) is 0 Å². The summed E-state index contributed by atoms with van der Waals surface area (Å²) in [6, 6.07) is 31.0. The van der Waals surface area contributed by atoms with E-state index in [9.17, 15) is 0 Å². The van der Waals surface area contributed by atoms with Gasteiger partial charge >= 0.3 is 0 Å². The van der Waals surface area contributed by atoms with E-state index >= 15 is 0 Å². The number of nitrogens with one attached hydrogen (secondary N) is 4. The average molecular weight is 844 g/mol. The molecule has 322 valence electrons. The molecule has 0 saturated carbocycles. The zero-order valence-corrected chi connectivity index (χ0v) is 35.9. The number of aromatic nitrogens is 5. The molecule has 0 spiro atoms. The summed E-state index contributed by atoms with van der Waals surface area (Å²) in [5.41, 5.74) is 9.96. The van der Waals surface area contributed by atoms with Crippen molar-refractivity contribution in [1.82, 2.24) is 34.3 Å². The molecular formula is C48H53N13O2. The van der Waals surface area contributed by atoms with Crippen LogP contribution in [0.4, 0.5) is 57.1 Å². The van der Waals surface area contributed by atoms with Crippen molar-refractivity contribution in [3.63, 3.8) is 0 Å². The molecule has 2 aliphatic rings. The van der Waals surface area contributed by atoms with Crippen LogP contribution in [0.5, 0.6) is 11.5 Å². The number of pyridine rings is 3. The van der Waals surface area contributed by atoms with Gasteiger partial charge in [-0.05, 0) is 79.3 Å². The molecule has 15 heteroatoms. The van der Waals surface area contributed by atoms with Crippen molar-refractivity contribution in [2.75, 3.05) is 105 Å². The number of hydrogen-bond acceptors (Lipinski definition) is 14. The first-order valence-corrected chi connectivity index (χ1v) is 21.2. The Morgan fingerprint density at radius 1 is 0.540 bits per heavy atom. The molecule has 2 saturated heterocycles. The van der Waals surface area contributed by atoms with Crippen molar-refractivity contribution < 1.29 is 9.47 Å². The van der Waals surface area contributed by atoms with Crippen molar-refractivity contribution in [2.24, 2.45) is 0 Å². The molecule has 0 amide bonds. The van der Waals surface area contributed by atoms with Crippen LogP contribution in [0.2, 0.25) is 0 Å². The quantitative estimate of drug-likeness (QED) is 0.0791. The van der Waals surface area contributed by atoms with Crippen molar-refractivity contribution in [3.8, 4) is 17.2 Å². The molecular weight excluding hydrogens is 791 g/mol. The molecule has 15 nitrogen and oxygen atoms in total. The lowest BCUT2D eigenvalue weighted by Crippen LogP contribution is -2.46. The molecule has 6 heterocycles. The van der Waals surface area contributed by atoms with Gasteiger partial charge in [-0.15, -0.1) is 0 Å². The van der Waals surface area contributed by atoms with Gasteiger partial charge in [-0.2, -0.15) is 0 Å². The van der Waals surface area contributed by atoms with E-state index in [1.54, 1.807) is 39.0 Å². The van der Waals surface area contributed by atoms with Crippen LogP contribution in [0.15, 0.2) is 135 Å². The Bertz CT molecular complexity index is 2590. The summed E-state index contributed by atoms with van der Waals surface area (Å²) in [5, 5.41) is 13.9. The number of rotatable bonds is 15. The van der Waals surface area contributed by atoms with Crippen LogP contribution in [-0.2, 0) is 6.54 Å². The monoisotopic (exact) mass is 843 g/mol. The van der Waals surface area contributed by atoms with E-state index < -0.39 is 0 Å². The lowest BCUT2D eigenvalue weighted by molar-refractivity contribution is 0.250. The Hall–Kier alpha value is -7.36. The first-order valence-electron chi connectivity index (χ1n) is 21.2. The lowest BCUT2D eigenvalue weighted by atomic mass is 10.1. The van der Waals surface area contributed by atoms with Crippen LogP contribution in [0, 0.1) is 0 Å². The van der Waals surface area contributed by atoms with Crippen LogP contribution in [0.3, 0.4) is 0 Å². The molecule has 4 aromatic heterocycles. The summed E-state index contributed by atoms with van der Waals surface area (Å²) in [5.74, 6) is 2.96. The molecule has 0 bridgehead atoms. The maximum atomic E-state index is 5.86. The SMILES string of the molecule is COc1cc(N2CCN(C)CC2)ccc1Nc1cc(Nc2cc(CN3CCN(c4ccc(Nc5cc(Nc6cccnc6)ccn5)c(OC)c4)CC3)cc(-n3ccnc3)c2)ccn1. The third-order valence-electron chi connectivity index (χ3n) is 11.4. The fourth-order valence-corrected chi connectivity index (χ4v) is 8.04. The van der Waals surface area contributed by atoms with E-state index in [1.807, 2.05) is 59.7 Å². The van der Waals surface area contributed by atoms with Gasteiger partial charge in [0.1, 0.15) is 23.1 Å². The molecule has 0 atom stereocenters. The first-order chi connectivity index (χ1) is 30.9. The average Bonchev–Trinajstić information content (AvgIpc) is 3.86. The second-order valence-electron chi connectivity index (χ2n) is 15.8. The second-order valence-corrected chi connectivity index (χ2v) is 15.8. The summed E-state index contributed by atoms with van der Waals surface area (Å²) < 4.78 is 13.7. The molecule has 0 radical (unpaired) electrons. The van der Waals surface area contributed by atoms with Gasteiger partial charge in [0.25, 0.3) is 0 Å². The van der Waals surface area contributed by atoms with E-state index in [0.29, 0.717) is 5.82 Å². The molecule has 4 N–H and O–H groups in total. The predicted octanol–water partition coefficient (Wildman–Crippen LogP) is 8.12. The summed E-state index contributed by atoms with van der Waals surface area (Å²) in [7, 11) is 5.58. The summed E-state index contributed by atoms with van der Waals surface area (Å²) in [4.78, 5) is 27.4. The fourth-order valence-electron chi connectivity index (χ4n) is 8.04. The van der Waals surface area contributed by atoms with Gasteiger partial charge in [-0.3, -0.25) is 9.88 Å². The number of benzene rings is 3. The number of ether oxygens (including phenoxy) is 2. The zero-order chi connectivity index (χ0) is 43.0. The highest BCUT2D eigenvalue weighted by atomic mass is 16.5. The number of likely N-dealkylation sites (N-methyl/N-ethyl adjacent to an activating group) is 1. The highest BCUT2D eigenvalue weighted by molar-refractivity contribution is 5.73. The highest BCUT2D eigenvalue weighted by Gasteiger charge is 2.20. The highest BCUT2D eigenvalue weighted by Crippen LogP contribution is 2.35. The van der Waals surface area contributed by atoms with Crippen LogP contribution < -0.4 is 40.5 Å². The Morgan fingerprint density at radius 3 is 1.73 bits per heavy atom.